The van der Waals surface area contributed by atoms with Crippen LogP contribution in [-0.2, 0) is 13.0 Å². The molecule has 0 fully saturated rings. The number of nitrogens with one attached hydrogen (secondary N) is 1. The average molecular weight is 296 g/mol. The van der Waals surface area contributed by atoms with E-state index in [1.807, 2.05) is 19.9 Å². The number of nitrogens with zero attached hydrogens (tertiary/aromatic N) is 3. The first kappa shape index (κ1) is 15.0. The monoisotopic (exact) mass is 296 g/mol. The maximum absolute atomic E-state index is 4.41. The molecule has 0 unspecified atom stereocenters. The first-order valence-electron chi connectivity index (χ1n) is 8.06. The van der Waals surface area contributed by atoms with Gasteiger partial charge in [0, 0.05) is 37.6 Å². The molecule has 3 rings (SSSR count). The second-order valence-corrected chi connectivity index (χ2v) is 6.05. The van der Waals surface area contributed by atoms with Gasteiger partial charge in [0.25, 0.3) is 0 Å². The highest BCUT2D eigenvalue weighted by atomic mass is 15.1. The van der Waals surface area contributed by atoms with E-state index in [1.165, 1.54) is 17.5 Å². The van der Waals surface area contributed by atoms with Crippen molar-refractivity contribution in [3.8, 4) is 0 Å². The summed E-state index contributed by atoms with van der Waals surface area (Å²) in [5.41, 5.74) is 5.03. The number of aromatic nitrogens is 2. The number of hydrogen-bond acceptors (Lipinski definition) is 4. The molecular weight excluding hydrogens is 272 g/mol. The van der Waals surface area contributed by atoms with E-state index in [-0.39, 0.29) is 0 Å². The molecule has 2 heterocycles. The molecule has 4 nitrogen and oxygen atoms in total. The lowest BCUT2D eigenvalue weighted by atomic mass is 10.00. The molecular formula is C18H24N4. The molecule has 0 saturated heterocycles. The van der Waals surface area contributed by atoms with E-state index in [9.17, 15) is 0 Å². The van der Waals surface area contributed by atoms with Crippen molar-refractivity contribution in [2.45, 2.75) is 33.2 Å². The van der Waals surface area contributed by atoms with Gasteiger partial charge < -0.3 is 5.32 Å². The SMILES string of the molecule is Cc1cc(C)nc(NCCCN2CCc3ccccc3C2)n1. The van der Waals surface area contributed by atoms with E-state index in [0.717, 1.165) is 49.9 Å². The van der Waals surface area contributed by atoms with Gasteiger partial charge in [-0.2, -0.15) is 0 Å². The maximum atomic E-state index is 4.41. The van der Waals surface area contributed by atoms with Crippen molar-refractivity contribution in [2.75, 3.05) is 25.0 Å². The lowest BCUT2D eigenvalue weighted by Gasteiger charge is -2.28. The number of hydrogen-bond donors (Lipinski definition) is 1. The highest BCUT2D eigenvalue weighted by Crippen LogP contribution is 2.18. The largest absolute Gasteiger partial charge is 0.354 e. The summed E-state index contributed by atoms with van der Waals surface area (Å²) in [5.74, 6) is 0.751. The molecule has 1 aliphatic rings. The number of fused-ring (bicyclic) bond motifs is 1. The smallest absolute Gasteiger partial charge is 0.223 e. The molecule has 22 heavy (non-hydrogen) atoms. The molecule has 1 aromatic heterocycles. The molecule has 0 spiro atoms. The zero-order valence-corrected chi connectivity index (χ0v) is 13.5. The maximum Gasteiger partial charge on any atom is 0.223 e. The van der Waals surface area contributed by atoms with Crippen LogP contribution in [0, 0.1) is 13.8 Å². The number of benzene rings is 1. The third-order valence-corrected chi connectivity index (χ3v) is 4.13. The number of anilines is 1. The molecule has 2 aromatic rings. The minimum absolute atomic E-state index is 0.751. The minimum Gasteiger partial charge on any atom is -0.354 e. The van der Waals surface area contributed by atoms with Crippen molar-refractivity contribution in [1.82, 2.24) is 14.9 Å². The van der Waals surface area contributed by atoms with Gasteiger partial charge in [-0.15, -0.1) is 0 Å². The van der Waals surface area contributed by atoms with Gasteiger partial charge in [-0.3, -0.25) is 4.90 Å². The molecule has 0 saturated carbocycles. The normalized spacial score (nSPS) is 14.6. The van der Waals surface area contributed by atoms with Crippen LogP contribution in [0.3, 0.4) is 0 Å². The van der Waals surface area contributed by atoms with Gasteiger partial charge in [0.15, 0.2) is 0 Å². The lowest BCUT2D eigenvalue weighted by Crippen LogP contribution is -2.32. The Morgan fingerprint density at radius 2 is 1.82 bits per heavy atom. The average Bonchev–Trinajstić information content (AvgIpc) is 2.50. The van der Waals surface area contributed by atoms with Crippen LogP contribution in [0.15, 0.2) is 30.3 Å². The molecule has 0 atom stereocenters. The van der Waals surface area contributed by atoms with Crippen molar-refractivity contribution in [1.29, 1.82) is 0 Å². The van der Waals surface area contributed by atoms with Gasteiger partial charge >= 0.3 is 0 Å². The number of rotatable bonds is 5. The van der Waals surface area contributed by atoms with Gasteiger partial charge in [0.1, 0.15) is 0 Å². The van der Waals surface area contributed by atoms with Crippen molar-refractivity contribution in [2.24, 2.45) is 0 Å². The van der Waals surface area contributed by atoms with Crippen molar-refractivity contribution in [3.63, 3.8) is 0 Å². The van der Waals surface area contributed by atoms with Crippen molar-refractivity contribution in [3.05, 3.63) is 52.8 Å². The molecule has 0 aliphatic carbocycles. The van der Waals surface area contributed by atoms with Crippen LogP contribution < -0.4 is 5.32 Å². The van der Waals surface area contributed by atoms with Gasteiger partial charge in [0.2, 0.25) is 5.95 Å². The Morgan fingerprint density at radius 1 is 1.09 bits per heavy atom. The van der Waals surface area contributed by atoms with Crippen LogP contribution in [0.5, 0.6) is 0 Å². The summed E-state index contributed by atoms with van der Waals surface area (Å²) >= 11 is 0. The fourth-order valence-electron chi connectivity index (χ4n) is 3.05. The second-order valence-electron chi connectivity index (χ2n) is 6.05. The van der Waals surface area contributed by atoms with Gasteiger partial charge in [-0.25, -0.2) is 9.97 Å². The third-order valence-electron chi connectivity index (χ3n) is 4.13. The Kier molecular flexibility index (Phi) is 4.68. The van der Waals surface area contributed by atoms with E-state index >= 15 is 0 Å². The van der Waals surface area contributed by atoms with Crippen LogP contribution >= 0.6 is 0 Å². The zero-order chi connectivity index (χ0) is 15.4. The third kappa shape index (κ3) is 3.83. The quantitative estimate of drug-likeness (QED) is 0.861. The Bertz CT molecular complexity index is 618. The summed E-state index contributed by atoms with van der Waals surface area (Å²) in [6, 6.07) is 10.8. The zero-order valence-electron chi connectivity index (χ0n) is 13.5. The van der Waals surface area contributed by atoms with Crippen LogP contribution in [0.25, 0.3) is 0 Å². The molecule has 1 N–H and O–H groups in total. The van der Waals surface area contributed by atoms with E-state index in [1.54, 1.807) is 0 Å². The second kappa shape index (κ2) is 6.88. The van der Waals surface area contributed by atoms with Gasteiger partial charge in [-0.1, -0.05) is 24.3 Å². The van der Waals surface area contributed by atoms with Crippen LogP contribution in [0.4, 0.5) is 5.95 Å². The molecule has 0 radical (unpaired) electrons. The lowest BCUT2D eigenvalue weighted by molar-refractivity contribution is 0.253. The summed E-state index contributed by atoms with van der Waals surface area (Å²) in [6.45, 7) is 8.29. The van der Waals surface area contributed by atoms with Crippen LogP contribution in [-0.4, -0.2) is 34.5 Å². The molecule has 116 valence electrons. The molecule has 1 aliphatic heterocycles. The Hall–Kier alpha value is -1.94. The fourth-order valence-corrected chi connectivity index (χ4v) is 3.05. The van der Waals surface area contributed by atoms with Crippen molar-refractivity contribution >= 4 is 5.95 Å². The van der Waals surface area contributed by atoms with Crippen LogP contribution in [0.2, 0.25) is 0 Å². The van der Waals surface area contributed by atoms with Crippen LogP contribution in [0.1, 0.15) is 28.9 Å². The fraction of sp³-hybridized carbons (Fsp3) is 0.444. The molecule has 0 amide bonds. The van der Waals surface area contributed by atoms with E-state index in [0.29, 0.717) is 0 Å². The first-order valence-corrected chi connectivity index (χ1v) is 8.06. The van der Waals surface area contributed by atoms with E-state index < -0.39 is 0 Å². The summed E-state index contributed by atoms with van der Waals surface area (Å²) in [7, 11) is 0. The predicted octanol–water partition coefficient (Wildman–Crippen LogP) is 2.95. The Morgan fingerprint density at radius 3 is 2.59 bits per heavy atom. The molecule has 0 bridgehead atoms. The predicted molar refractivity (Wildman–Crippen MR) is 90.0 cm³/mol. The summed E-state index contributed by atoms with van der Waals surface area (Å²) < 4.78 is 0. The minimum atomic E-state index is 0.751. The highest BCUT2D eigenvalue weighted by molar-refractivity contribution is 5.29. The molecule has 1 aromatic carbocycles. The Balaban J connectivity index is 1.44. The number of aryl methyl sites for hydroxylation is 2. The standard InChI is InChI=1S/C18H24N4/c1-14-12-15(2)21-18(20-14)19-9-5-10-22-11-8-16-6-3-4-7-17(16)13-22/h3-4,6-7,12H,5,8-11,13H2,1-2H3,(H,19,20,21). The highest BCUT2D eigenvalue weighted by Gasteiger charge is 2.14. The first-order chi connectivity index (χ1) is 10.7. The summed E-state index contributed by atoms with van der Waals surface area (Å²) in [5, 5.41) is 3.34. The van der Waals surface area contributed by atoms with Gasteiger partial charge in [-0.05, 0) is 43.9 Å². The molecule has 4 heteroatoms. The van der Waals surface area contributed by atoms with E-state index in [4.69, 9.17) is 0 Å². The summed E-state index contributed by atoms with van der Waals surface area (Å²) in [6.07, 6.45) is 2.28. The van der Waals surface area contributed by atoms with E-state index in [2.05, 4.69) is 44.5 Å². The van der Waals surface area contributed by atoms with Crippen molar-refractivity contribution < 1.29 is 0 Å². The van der Waals surface area contributed by atoms with Gasteiger partial charge in [0.05, 0.1) is 0 Å². The Labute approximate surface area is 132 Å². The summed E-state index contributed by atoms with van der Waals surface area (Å²) in [4.78, 5) is 11.4. The topological polar surface area (TPSA) is 41.1 Å².